The molecule has 0 heterocycles. The average molecular weight is 186 g/mol. The second-order valence-electron chi connectivity index (χ2n) is 3.31. The predicted octanol–water partition coefficient (Wildman–Crippen LogP) is 1.13. The maximum Gasteiger partial charge on any atom is 0.170 e. The van der Waals surface area contributed by atoms with E-state index >= 15 is 0 Å². The van der Waals surface area contributed by atoms with Crippen molar-refractivity contribution in [2.75, 3.05) is 0 Å². The highest BCUT2D eigenvalue weighted by molar-refractivity contribution is 5.29. The summed E-state index contributed by atoms with van der Waals surface area (Å²) in [4.78, 5) is 0. The number of rotatable bonds is 1. The maximum atomic E-state index is 12.7. The normalized spacial score (nSPS) is 24.5. The zero-order chi connectivity index (χ0) is 9.64. The van der Waals surface area contributed by atoms with Gasteiger partial charge in [-0.3, -0.25) is 0 Å². The van der Waals surface area contributed by atoms with Gasteiger partial charge < -0.3 is 10.2 Å². The van der Waals surface area contributed by atoms with E-state index in [-0.39, 0.29) is 6.42 Å². The number of hydrogen-bond acceptors (Lipinski definition) is 2. The van der Waals surface area contributed by atoms with Crippen LogP contribution in [-0.4, -0.2) is 16.0 Å². The first-order valence-corrected chi connectivity index (χ1v) is 3.90. The van der Waals surface area contributed by atoms with Gasteiger partial charge in [-0.1, -0.05) is 6.07 Å². The molecule has 13 heavy (non-hydrogen) atoms. The highest BCUT2D eigenvalue weighted by Crippen LogP contribution is 2.49. The van der Waals surface area contributed by atoms with Crippen LogP contribution in [0.25, 0.3) is 0 Å². The molecular weight excluding hydrogens is 178 g/mol. The van der Waals surface area contributed by atoms with E-state index in [1.165, 1.54) is 6.07 Å². The van der Waals surface area contributed by atoms with E-state index in [0.29, 0.717) is 5.56 Å². The highest BCUT2D eigenvalue weighted by atomic mass is 19.2. The van der Waals surface area contributed by atoms with Gasteiger partial charge in [0.05, 0.1) is 0 Å². The second kappa shape index (κ2) is 2.49. The molecule has 0 saturated heterocycles. The Morgan fingerprint density at radius 2 is 1.85 bits per heavy atom. The van der Waals surface area contributed by atoms with Crippen LogP contribution in [0.1, 0.15) is 17.9 Å². The quantitative estimate of drug-likeness (QED) is 0.645. The minimum atomic E-state index is -1.73. The van der Waals surface area contributed by atoms with Crippen LogP contribution in [0.5, 0.6) is 0 Å². The van der Waals surface area contributed by atoms with Crippen molar-refractivity contribution < 1.29 is 19.0 Å². The van der Waals surface area contributed by atoms with Crippen LogP contribution in [0.2, 0.25) is 0 Å². The SMILES string of the molecule is OC1(O)CC1c1ccc(F)c(F)c1. The molecule has 1 unspecified atom stereocenters. The summed E-state index contributed by atoms with van der Waals surface area (Å²) in [6.45, 7) is 0. The lowest BCUT2D eigenvalue weighted by Crippen LogP contribution is -2.07. The van der Waals surface area contributed by atoms with Crippen LogP contribution < -0.4 is 0 Å². The molecule has 0 aliphatic heterocycles. The van der Waals surface area contributed by atoms with Gasteiger partial charge in [0.1, 0.15) is 0 Å². The van der Waals surface area contributed by atoms with Crippen LogP contribution in [-0.2, 0) is 0 Å². The molecule has 1 fully saturated rings. The van der Waals surface area contributed by atoms with Crippen molar-refractivity contribution in [2.24, 2.45) is 0 Å². The van der Waals surface area contributed by atoms with E-state index < -0.39 is 23.3 Å². The molecule has 2 N–H and O–H groups in total. The van der Waals surface area contributed by atoms with E-state index in [1.807, 2.05) is 0 Å². The van der Waals surface area contributed by atoms with Crippen molar-refractivity contribution in [3.05, 3.63) is 35.4 Å². The summed E-state index contributed by atoms with van der Waals surface area (Å²) in [5, 5.41) is 18.1. The lowest BCUT2D eigenvalue weighted by atomic mass is 10.1. The monoisotopic (exact) mass is 186 g/mol. The third-order valence-electron chi connectivity index (χ3n) is 2.25. The summed E-state index contributed by atoms with van der Waals surface area (Å²) in [7, 11) is 0. The molecule has 0 amide bonds. The van der Waals surface area contributed by atoms with Crippen molar-refractivity contribution >= 4 is 0 Å². The lowest BCUT2D eigenvalue weighted by Gasteiger charge is -2.02. The smallest absolute Gasteiger partial charge is 0.170 e. The van der Waals surface area contributed by atoms with Crippen molar-refractivity contribution in [1.29, 1.82) is 0 Å². The van der Waals surface area contributed by atoms with Gasteiger partial charge in [-0.05, 0) is 17.7 Å². The first-order chi connectivity index (χ1) is 6.00. The fourth-order valence-corrected chi connectivity index (χ4v) is 1.36. The van der Waals surface area contributed by atoms with Gasteiger partial charge in [0.2, 0.25) is 0 Å². The molecule has 0 radical (unpaired) electrons. The number of benzene rings is 1. The van der Waals surface area contributed by atoms with Gasteiger partial charge >= 0.3 is 0 Å². The van der Waals surface area contributed by atoms with Gasteiger partial charge in [-0.25, -0.2) is 8.78 Å². The summed E-state index contributed by atoms with van der Waals surface area (Å²) in [5.74, 6) is -4.10. The lowest BCUT2D eigenvalue weighted by molar-refractivity contribution is -0.0734. The Kier molecular flexibility index (Phi) is 1.65. The highest BCUT2D eigenvalue weighted by Gasteiger charge is 2.52. The summed E-state index contributed by atoms with van der Waals surface area (Å²) in [6, 6.07) is 3.34. The molecule has 1 aliphatic carbocycles. The maximum absolute atomic E-state index is 12.7. The summed E-state index contributed by atoms with van der Waals surface area (Å²) < 4.78 is 25.2. The molecule has 1 saturated carbocycles. The Bertz CT molecular complexity index is 349. The molecule has 4 heteroatoms. The number of aliphatic hydroxyl groups is 2. The molecule has 1 aromatic carbocycles. The minimum Gasteiger partial charge on any atom is -0.365 e. The Hall–Kier alpha value is -1.00. The summed E-state index contributed by atoms with van der Waals surface area (Å²) >= 11 is 0. The van der Waals surface area contributed by atoms with Gasteiger partial charge in [0.25, 0.3) is 0 Å². The Morgan fingerprint density at radius 1 is 1.23 bits per heavy atom. The Morgan fingerprint density at radius 3 is 2.31 bits per heavy atom. The van der Waals surface area contributed by atoms with E-state index in [4.69, 9.17) is 10.2 Å². The summed E-state index contributed by atoms with van der Waals surface area (Å²) in [6.07, 6.45) is 0.179. The van der Waals surface area contributed by atoms with Gasteiger partial charge in [0.15, 0.2) is 17.4 Å². The molecule has 2 rings (SSSR count). The zero-order valence-electron chi connectivity index (χ0n) is 6.67. The third kappa shape index (κ3) is 1.43. The Balaban J connectivity index is 2.29. The van der Waals surface area contributed by atoms with Crippen LogP contribution in [0.3, 0.4) is 0 Å². The number of hydrogen-bond donors (Lipinski definition) is 2. The number of halogens is 2. The molecule has 1 aliphatic rings. The zero-order valence-corrected chi connectivity index (χ0v) is 6.67. The first kappa shape index (κ1) is 8.59. The van der Waals surface area contributed by atoms with E-state index in [0.717, 1.165) is 12.1 Å². The van der Waals surface area contributed by atoms with Crippen LogP contribution >= 0.6 is 0 Å². The van der Waals surface area contributed by atoms with Crippen LogP contribution in [0.15, 0.2) is 18.2 Å². The standard InChI is InChI=1S/C9H8F2O2/c10-7-2-1-5(3-8(7)11)6-4-9(6,12)13/h1-3,6,12-13H,4H2. The topological polar surface area (TPSA) is 40.5 Å². The van der Waals surface area contributed by atoms with E-state index in [2.05, 4.69) is 0 Å². The molecular formula is C9H8F2O2. The van der Waals surface area contributed by atoms with Gasteiger partial charge in [-0.2, -0.15) is 0 Å². The first-order valence-electron chi connectivity index (χ1n) is 3.90. The van der Waals surface area contributed by atoms with Crippen molar-refractivity contribution in [3.63, 3.8) is 0 Å². The molecule has 70 valence electrons. The van der Waals surface area contributed by atoms with Crippen molar-refractivity contribution in [1.82, 2.24) is 0 Å². The van der Waals surface area contributed by atoms with Gasteiger partial charge in [-0.15, -0.1) is 0 Å². The fraction of sp³-hybridized carbons (Fsp3) is 0.333. The van der Waals surface area contributed by atoms with Crippen LogP contribution in [0, 0.1) is 11.6 Å². The van der Waals surface area contributed by atoms with E-state index in [1.54, 1.807) is 0 Å². The van der Waals surface area contributed by atoms with Crippen molar-refractivity contribution in [3.8, 4) is 0 Å². The largest absolute Gasteiger partial charge is 0.365 e. The molecule has 1 atom stereocenters. The van der Waals surface area contributed by atoms with Gasteiger partial charge in [0, 0.05) is 12.3 Å². The van der Waals surface area contributed by atoms with Crippen molar-refractivity contribution in [2.45, 2.75) is 18.1 Å². The predicted molar refractivity (Wildman–Crippen MR) is 40.9 cm³/mol. The Labute approximate surface area is 73.4 Å². The molecule has 0 spiro atoms. The molecule has 1 aromatic rings. The third-order valence-corrected chi connectivity index (χ3v) is 2.25. The molecule has 2 nitrogen and oxygen atoms in total. The second-order valence-corrected chi connectivity index (χ2v) is 3.31. The average Bonchev–Trinajstić information content (AvgIpc) is 2.66. The minimum absolute atomic E-state index is 0.179. The molecule has 0 aromatic heterocycles. The fourth-order valence-electron chi connectivity index (χ4n) is 1.36. The van der Waals surface area contributed by atoms with Crippen LogP contribution in [0.4, 0.5) is 8.78 Å². The summed E-state index contributed by atoms with van der Waals surface area (Å²) in [5.41, 5.74) is 0.420. The van der Waals surface area contributed by atoms with E-state index in [9.17, 15) is 8.78 Å². The molecule has 0 bridgehead atoms.